The number of amides is 1. The first kappa shape index (κ1) is 25.6. The number of thioether (sulfide) groups is 1. The molecule has 3 aromatic heterocycles. The van der Waals surface area contributed by atoms with Crippen LogP contribution in [0.2, 0.25) is 0 Å². The predicted octanol–water partition coefficient (Wildman–Crippen LogP) is 4.63. The minimum Gasteiger partial charge on any atom is -0.325 e. The van der Waals surface area contributed by atoms with Gasteiger partial charge in [0, 0.05) is 40.9 Å². The molecule has 5 aromatic rings. The molecule has 0 radical (unpaired) electrons. The second kappa shape index (κ2) is 11.1. The summed E-state index contributed by atoms with van der Waals surface area (Å²) in [5.74, 6) is 0.420. The van der Waals surface area contributed by atoms with E-state index in [0.717, 1.165) is 16.8 Å². The number of sulfonamides is 1. The second-order valence-electron chi connectivity index (χ2n) is 8.02. The number of thiazole rings is 1. The molecule has 13 heteroatoms. The van der Waals surface area contributed by atoms with Crippen LogP contribution in [-0.2, 0) is 14.8 Å². The highest BCUT2D eigenvalue weighted by molar-refractivity contribution is 7.99. The van der Waals surface area contributed by atoms with Crippen molar-refractivity contribution < 1.29 is 13.2 Å². The molecule has 2 N–H and O–H groups in total. The summed E-state index contributed by atoms with van der Waals surface area (Å²) < 4.78 is 29.3. The fourth-order valence-corrected chi connectivity index (χ4v) is 6.00. The highest BCUT2D eigenvalue weighted by Crippen LogP contribution is 2.28. The van der Waals surface area contributed by atoms with Gasteiger partial charge in [0.25, 0.3) is 10.0 Å². The van der Waals surface area contributed by atoms with E-state index in [9.17, 15) is 13.2 Å². The summed E-state index contributed by atoms with van der Waals surface area (Å²) in [6.07, 6.45) is 4.92. The van der Waals surface area contributed by atoms with Gasteiger partial charge in [-0.1, -0.05) is 29.5 Å². The normalized spacial score (nSPS) is 11.3. The number of aromatic nitrogens is 5. The fraction of sp³-hybridized carbons (Fsp3) is 0.0800. The Hall–Kier alpha value is -4.07. The van der Waals surface area contributed by atoms with Crippen LogP contribution in [0.1, 0.15) is 5.56 Å². The smallest absolute Gasteiger partial charge is 0.263 e. The Kier molecular flexibility index (Phi) is 7.49. The first-order chi connectivity index (χ1) is 18.4. The van der Waals surface area contributed by atoms with Crippen molar-refractivity contribution in [2.75, 3.05) is 15.8 Å². The van der Waals surface area contributed by atoms with Crippen molar-refractivity contribution >= 4 is 49.8 Å². The molecular formula is C25H21N7O3S3. The molecule has 0 saturated heterocycles. The van der Waals surface area contributed by atoms with Crippen LogP contribution in [0.3, 0.4) is 0 Å². The third-order valence-electron chi connectivity index (χ3n) is 5.28. The lowest BCUT2D eigenvalue weighted by Gasteiger charge is -2.11. The van der Waals surface area contributed by atoms with Gasteiger partial charge in [-0.25, -0.2) is 13.4 Å². The average Bonchev–Trinajstić information content (AvgIpc) is 3.58. The Morgan fingerprint density at radius 2 is 1.82 bits per heavy atom. The van der Waals surface area contributed by atoms with Crippen molar-refractivity contribution in [3.8, 4) is 17.1 Å². The van der Waals surface area contributed by atoms with Gasteiger partial charge in [-0.3, -0.25) is 19.1 Å². The van der Waals surface area contributed by atoms with Gasteiger partial charge < -0.3 is 5.32 Å². The molecular weight excluding hydrogens is 543 g/mol. The van der Waals surface area contributed by atoms with E-state index in [2.05, 4.69) is 30.2 Å². The Labute approximate surface area is 227 Å². The van der Waals surface area contributed by atoms with Gasteiger partial charge >= 0.3 is 0 Å². The third kappa shape index (κ3) is 5.90. The summed E-state index contributed by atoms with van der Waals surface area (Å²) in [5, 5.41) is 14.0. The molecule has 192 valence electrons. The van der Waals surface area contributed by atoms with Gasteiger partial charge in [0.05, 0.1) is 10.6 Å². The van der Waals surface area contributed by atoms with Crippen LogP contribution in [0, 0.1) is 6.92 Å². The summed E-state index contributed by atoms with van der Waals surface area (Å²) in [6.45, 7) is 2.01. The lowest BCUT2D eigenvalue weighted by atomic mass is 10.2. The standard InChI is InChI=1S/C25H21N7O3S3/c1-17-4-8-20(9-5-17)32-23(18-3-2-12-26-15-18)29-30-25(32)37-16-22(33)28-19-6-10-21(11-7-19)38(34,35)31-24-27-13-14-36-24/h2-15H,16H2,1H3,(H,27,31)(H,28,33). The van der Waals surface area contributed by atoms with Gasteiger partial charge in [0.15, 0.2) is 16.1 Å². The Morgan fingerprint density at radius 3 is 2.50 bits per heavy atom. The maximum Gasteiger partial charge on any atom is 0.263 e. The van der Waals surface area contributed by atoms with E-state index in [1.54, 1.807) is 17.8 Å². The van der Waals surface area contributed by atoms with E-state index in [4.69, 9.17) is 0 Å². The number of aryl methyl sites for hydroxylation is 1. The lowest BCUT2D eigenvalue weighted by Crippen LogP contribution is -2.15. The zero-order valence-corrected chi connectivity index (χ0v) is 22.4. The third-order valence-corrected chi connectivity index (χ3v) is 8.38. The van der Waals surface area contributed by atoms with Crippen molar-refractivity contribution in [3.63, 3.8) is 0 Å². The van der Waals surface area contributed by atoms with Crippen LogP contribution in [0.5, 0.6) is 0 Å². The first-order valence-corrected chi connectivity index (χ1v) is 14.6. The highest BCUT2D eigenvalue weighted by atomic mass is 32.2. The lowest BCUT2D eigenvalue weighted by molar-refractivity contribution is -0.113. The quantitative estimate of drug-likeness (QED) is 0.248. The van der Waals surface area contributed by atoms with Crippen molar-refractivity contribution in [1.82, 2.24) is 24.7 Å². The van der Waals surface area contributed by atoms with Crippen molar-refractivity contribution in [3.05, 3.63) is 90.2 Å². The van der Waals surface area contributed by atoms with Crippen molar-refractivity contribution in [1.29, 1.82) is 0 Å². The van der Waals surface area contributed by atoms with Gasteiger partial charge in [-0.2, -0.15) is 0 Å². The van der Waals surface area contributed by atoms with E-state index >= 15 is 0 Å². The first-order valence-electron chi connectivity index (χ1n) is 11.3. The Balaban J connectivity index is 1.28. The molecule has 10 nitrogen and oxygen atoms in total. The summed E-state index contributed by atoms with van der Waals surface area (Å²) in [6, 6.07) is 17.6. The summed E-state index contributed by atoms with van der Waals surface area (Å²) >= 11 is 2.43. The summed E-state index contributed by atoms with van der Waals surface area (Å²) in [7, 11) is -3.77. The molecule has 0 spiro atoms. The van der Waals surface area contributed by atoms with Crippen molar-refractivity contribution in [2.45, 2.75) is 17.0 Å². The molecule has 1 amide bonds. The monoisotopic (exact) mass is 563 g/mol. The maximum atomic E-state index is 12.7. The fourth-order valence-electron chi connectivity index (χ4n) is 3.46. The predicted molar refractivity (Wildman–Crippen MR) is 148 cm³/mol. The maximum absolute atomic E-state index is 12.7. The summed E-state index contributed by atoms with van der Waals surface area (Å²) in [5.41, 5.74) is 3.26. The number of nitrogens with one attached hydrogen (secondary N) is 2. The molecule has 3 heterocycles. The molecule has 0 unspecified atom stereocenters. The van der Waals surface area contributed by atoms with Crippen molar-refractivity contribution in [2.24, 2.45) is 0 Å². The number of hydrogen-bond acceptors (Lipinski definition) is 9. The highest BCUT2D eigenvalue weighted by Gasteiger charge is 2.18. The number of benzene rings is 2. The number of rotatable bonds is 9. The number of nitrogens with zero attached hydrogens (tertiary/aromatic N) is 5. The number of carbonyl (C=O) groups is 1. The molecule has 0 aliphatic rings. The minimum absolute atomic E-state index is 0.0641. The average molecular weight is 564 g/mol. The van der Waals surface area contributed by atoms with E-state index in [1.807, 2.05) is 47.9 Å². The van der Waals surface area contributed by atoms with Crippen LogP contribution >= 0.6 is 23.1 Å². The van der Waals surface area contributed by atoms with Gasteiger partial charge in [0.1, 0.15) is 0 Å². The molecule has 0 fully saturated rings. The SMILES string of the molecule is Cc1ccc(-n2c(SCC(=O)Nc3ccc(S(=O)(=O)Nc4nccs4)cc3)nnc2-c2cccnc2)cc1. The molecule has 0 atom stereocenters. The Bertz CT molecular complexity index is 1640. The van der Waals surface area contributed by atoms with Crippen LogP contribution in [0.25, 0.3) is 17.1 Å². The molecule has 0 aliphatic carbocycles. The zero-order chi connectivity index (χ0) is 26.5. The molecule has 0 bridgehead atoms. The number of carbonyl (C=O) groups excluding carboxylic acids is 1. The van der Waals surface area contributed by atoms with Gasteiger partial charge in [0.2, 0.25) is 5.91 Å². The number of anilines is 2. The zero-order valence-electron chi connectivity index (χ0n) is 20.0. The molecule has 2 aromatic carbocycles. The van der Waals surface area contributed by atoms with Gasteiger partial charge in [-0.15, -0.1) is 21.5 Å². The largest absolute Gasteiger partial charge is 0.325 e. The van der Waals surface area contributed by atoms with Gasteiger partial charge in [-0.05, 0) is 55.5 Å². The van der Waals surface area contributed by atoms with E-state index in [-0.39, 0.29) is 21.7 Å². The van der Waals surface area contributed by atoms with E-state index in [1.165, 1.54) is 53.6 Å². The van der Waals surface area contributed by atoms with Crippen LogP contribution in [-0.4, -0.2) is 44.8 Å². The van der Waals surface area contributed by atoms with Crippen LogP contribution in [0.4, 0.5) is 10.8 Å². The van der Waals surface area contributed by atoms with Crippen LogP contribution in [0.15, 0.2) is 94.7 Å². The van der Waals surface area contributed by atoms with E-state index < -0.39 is 10.0 Å². The molecule has 0 saturated carbocycles. The number of hydrogen-bond donors (Lipinski definition) is 2. The molecule has 5 rings (SSSR count). The molecule has 38 heavy (non-hydrogen) atoms. The van der Waals surface area contributed by atoms with Crippen LogP contribution < -0.4 is 10.0 Å². The van der Waals surface area contributed by atoms with E-state index in [0.29, 0.717) is 16.7 Å². The topological polar surface area (TPSA) is 132 Å². The minimum atomic E-state index is -3.77. The molecule has 0 aliphatic heterocycles. The second-order valence-corrected chi connectivity index (χ2v) is 11.5. The number of pyridine rings is 1. The Morgan fingerprint density at radius 1 is 1.03 bits per heavy atom. The summed E-state index contributed by atoms with van der Waals surface area (Å²) in [4.78, 5) is 20.9.